The summed E-state index contributed by atoms with van der Waals surface area (Å²) in [6.07, 6.45) is 0. The molecule has 6 heteroatoms. The Kier molecular flexibility index (Phi) is 92.1. The predicted molar refractivity (Wildman–Crippen MR) is 73.3 cm³/mol. The molecule has 0 fully saturated rings. The summed E-state index contributed by atoms with van der Waals surface area (Å²) in [6, 6.07) is 25.0. The van der Waals surface area contributed by atoms with E-state index in [4.69, 9.17) is 0 Å². The Bertz CT molecular complexity index is 211. The van der Waals surface area contributed by atoms with E-state index in [-0.39, 0.29) is 116 Å². The molecule has 0 aromatic heterocycles. The molecule has 0 aliphatic carbocycles. The number of hydrogen-bond acceptors (Lipinski definition) is 0. The number of hydrogen-bond donors (Lipinski definition) is 0. The molecular formula is C14H14Br4Sn2. The largest absolute Gasteiger partial charge is 2.00 e. The summed E-state index contributed by atoms with van der Waals surface area (Å²) in [7, 11) is 0. The fourth-order valence-electron chi connectivity index (χ4n) is 0.684. The van der Waals surface area contributed by atoms with E-state index in [9.17, 15) is 0 Å². The van der Waals surface area contributed by atoms with E-state index < -0.39 is 0 Å². The van der Waals surface area contributed by atoms with Gasteiger partial charge in [0.15, 0.2) is 0 Å². The van der Waals surface area contributed by atoms with Crippen LogP contribution in [-0.4, -0.2) is 47.8 Å². The SMILES string of the molecule is C=C.[Br-].[Br-].[Br-].[Br-].[Sn+2].[Sn+2].[c]1ccccc1.[c]1ccccc1. The average Bonchev–Trinajstić information content (AvgIpc) is 2.37. The molecule has 0 unspecified atom stereocenters. The molecule has 0 saturated carbocycles. The van der Waals surface area contributed by atoms with Gasteiger partial charge in [0.05, 0.1) is 0 Å². The van der Waals surface area contributed by atoms with Crippen LogP contribution in [-0.2, 0) is 0 Å². The smallest absolute Gasteiger partial charge is 1.00 e. The topological polar surface area (TPSA) is 0 Å². The summed E-state index contributed by atoms with van der Waals surface area (Å²) in [4.78, 5) is 0. The molecular weight excluding hydrogens is 725 g/mol. The van der Waals surface area contributed by atoms with Crippen LogP contribution in [0.2, 0.25) is 0 Å². The zero-order chi connectivity index (χ0) is 10.5. The van der Waals surface area contributed by atoms with Gasteiger partial charge in [-0.25, -0.2) is 0 Å². The summed E-state index contributed by atoms with van der Waals surface area (Å²) < 4.78 is 0. The molecule has 0 saturated heterocycles. The quantitative estimate of drug-likeness (QED) is 0.186. The second kappa shape index (κ2) is 42.8. The number of rotatable bonds is 0. The third-order valence-corrected chi connectivity index (χ3v) is 1.21. The van der Waals surface area contributed by atoms with E-state index in [1.807, 2.05) is 60.7 Å². The Balaban J connectivity index is -0.0000000237. The van der Waals surface area contributed by atoms with Crippen LogP contribution >= 0.6 is 0 Å². The molecule has 20 heavy (non-hydrogen) atoms. The van der Waals surface area contributed by atoms with Gasteiger partial charge in [0.2, 0.25) is 0 Å². The monoisotopic (exact) mass is 738 g/mol. The van der Waals surface area contributed by atoms with Crippen molar-refractivity contribution in [3.63, 3.8) is 0 Å². The van der Waals surface area contributed by atoms with Gasteiger partial charge in [-0.1, -0.05) is 60.7 Å². The van der Waals surface area contributed by atoms with Crippen molar-refractivity contribution in [2.45, 2.75) is 0 Å². The first kappa shape index (κ1) is 43.0. The van der Waals surface area contributed by atoms with Crippen LogP contribution in [0.25, 0.3) is 0 Å². The van der Waals surface area contributed by atoms with Crippen LogP contribution in [0, 0.1) is 12.1 Å². The van der Waals surface area contributed by atoms with Gasteiger partial charge in [-0.15, -0.1) is 13.2 Å². The van der Waals surface area contributed by atoms with E-state index in [0.717, 1.165) is 0 Å². The molecule has 0 N–H and O–H groups in total. The fraction of sp³-hybridized carbons (Fsp3) is 0. The van der Waals surface area contributed by atoms with Crippen molar-refractivity contribution in [2.75, 3.05) is 0 Å². The molecule has 0 heterocycles. The van der Waals surface area contributed by atoms with Crippen molar-refractivity contribution in [2.24, 2.45) is 0 Å². The first-order valence-electron chi connectivity index (χ1n) is 4.32. The second-order valence-corrected chi connectivity index (χ2v) is 2.15. The van der Waals surface area contributed by atoms with E-state index in [0.29, 0.717) is 0 Å². The molecule has 106 valence electrons. The Labute approximate surface area is 199 Å². The van der Waals surface area contributed by atoms with E-state index in [1.54, 1.807) is 0 Å². The Hall–Kier alpha value is 1.70. The van der Waals surface area contributed by atoms with Crippen molar-refractivity contribution < 1.29 is 67.9 Å². The molecule has 0 nitrogen and oxygen atoms in total. The minimum absolute atomic E-state index is 0. The molecule has 2 rings (SSSR count). The summed E-state index contributed by atoms with van der Waals surface area (Å²) in [6.45, 7) is 6.00. The van der Waals surface area contributed by atoms with Crippen LogP contribution in [0.4, 0.5) is 0 Å². The van der Waals surface area contributed by atoms with Gasteiger partial charge in [0.1, 0.15) is 0 Å². The van der Waals surface area contributed by atoms with Crippen LogP contribution in [0.15, 0.2) is 73.8 Å². The first-order chi connectivity index (χ1) is 7.00. The molecule has 2 aromatic rings. The van der Waals surface area contributed by atoms with Crippen LogP contribution < -0.4 is 67.9 Å². The Morgan fingerprint density at radius 1 is 0.450 bits per heavy atom. The molecule has 0 spiro atoms. The molecule has 0 bridgehead atoms. The van der Waals surface area contributed by atoms with Gasteiger partial charge in [-0.05, 0) is 12.1 Å². The molecule has 0 atom stereocenters. The predicted octanol–water partition coefficient (Wildman–Crippen LogP) is -8.97. The molecule has 0 aliphatic heterocycles. The third kappa shape index (κ3) is 36.7. The number of benzene rings is 2. The molecule has 2 aromatic carbocycles. The van der Waals surface area contributed by atoms with E-state index >= 15 is 0 Å². The first-order valence-corrected chi connectivity index (χ1v) is 4.32. The van der Waals surface area contributed by atoms with Gasteiger partial charge in [0, 0.05) is 0 Å². The standard InChI is InChI=1S/2C6H5.C2H4.4BrH.2Sn/c2*1-2-4-6-5-3-1;1-2;;;;;;/h2*1-5H;1-2H2;4*1H;;/q;;;;;;;2*+2/p-4. The van der Waals surface area contributed by atoms with Crippen molar-refractivity contribution in [3.05, 3.63) is 86.0 Å². The summed E-state index contributed by atoms with van der Waals surface area (Å²) in [5.74, 6) is 0. The van der Waals surface area contributed by atoms with Crippen LogP contribution in [0.5, 0.6) is 0 Å². The maximum absolute atomic E-state index is 3.00. The third-order valence-electron chi connectivity index (χ3n) is 1.21. The normalized spacial score (nSPS) is 5.00. The second-order valence-electron chi connectivity index (χ2n) is 2.15. The summed E-state index contributed by atoms with van der Waals surface area (Å²) in [5.41, 5.74) is 0. The fourth-order valence-corrected chi connectivity index (χ4v) is 0.684. The van der Waals surface area contributed by atoms with E-state index in [2.05, 4.69) is 25.3 Å². The Morgan fingerprint density at radius 2 is 0.650 bits per heavy atom. The van der Waals surface area contributed by atoms with Gasteiger partial charge >= 0.3 is 47.8 Å². The maximum Gasteiger partial charge on any atom is 2.00 e. The Morgan fingerprint density at radius 3 is 0.700 bits per heavy atom. The van der Waals surface area contributed by atoms with Crippen LogP contribution in [0.1, 0.15) is 0 Å². The van der Waals surface area contributed by atoms with Crippen molar-refractivity contribution in [3.8, 4) is 0 Å². The zero-order valence-corrected chi connectivity index (χ0v) is 22.8. The molecule has 0 amide bonds. The van der Waals surface area contributed by atoms with Crippen molar-refractivity contribution >= 4 is 47.8 Å². The van der Waals surface area contributed by atoms with Gasteiger partial charge < -0.3 is 67.9 Å². The zero-order valence-electron chi connectivity index (χ0n) is 10.7. The van der Waals surface area contributed by atoms with Gasteiger partial charge in [-0.3, -0.25) is 0 Å². The van der Waals surface area contributed by atoms with Crippen molar-refractivity contribution in [1.29, 1.82) is 0 Å². The number of halogens is 4. The van der Waals surface area contributed by atoms with Crippen molar-refractivity contribution in [1.82, 2.24) is 0 Å². The summed E-state index contributed by atoms with van der Waals surface area (Å²) in [5, 5.41) is 0. The average molecular weight is 739 g/mol. The van der Waals surface area contributed by atoms with Crippen LogP contribution in [0.3, 0.4) is 0 Å². The maximum atomic E-state index is 3.00. The van der Waals surface area contributed by atoms with Gasteiger partial charge in [-0.2, -0.15) is 0 Å². The minimum atomic E-state index is 0. The molecule has 6 radical (unpaired) electrons. The summed E-state index contributed by atoms with van der Waals surface area (Å²) >= 11 is 0. The molecule has 0 aliphatic rings. The van der Waals surface area contributed by atoms with E-state index in [1.165, 1.54) is 0 Å². The van der Waals surface area contributed by atoms with Gasteiger partial charge in [0.25, 0.3) is 0 Å². The minimum Gasteiger partial charge on any atom is -1.00 e.